The van der Waals surface area contributed by atoms with Crippen LogP contribution in [0.15, 0.2) is 18.2 Å². The van der Waals surface area contributed by atoms with Crippen molar-refractivity contribution in [3.63, 3.8) is 0 Å². The quantitative estimate of drug-likeness (QED) is 0.663. The molecule has 3 heteroatoms. The van der Waals surface area contributed by atoms with Gasteiger partial charge < -0.3 is 0 Å². The molecule has 1 aromatic rings. The van der Waals surface area contributed by atoms with E-state index in [1.165, 1.54) is 4.16 Å². The Bertz CT molecular complexity index is 248. The van der Waals surface area contributed by atoms with Crippen molar-refractivity contribution in [2.45, 2.75) is 0 Å². The van der Waals surface area contributed by atoms with Gasteiger partial charge in [0.25, 0.3) is 0 Å². The Labute approximate surface area is 76.2 Å². The summed E-state index contributed by atoms with van der Waals surface area (Å²) in [6, 6.07) is 5.92. The van der Waals surface area contributed by atoms with Gasteiger partial charge in [-0.1, -0.05) is 0 Å². The topological polar surface area (TPSA) is 18.5 Å². The van der Waals surface area contributed by atoms with Gasteiger partial charge in [0.2, 0.25) is 0 Å². The van der Waals surface area contributed by atoms with E-state index in [4.69, 9.17) is 9.47 Å². The Balaban J connectivity index is 3.13. The molecule has 1 aromatic carbocycles. The van der Waals surface area contributed by atoms with Gasteiger partial charge in [-0.3, -0.25) is 0 Å². The van der Waals surface area contributed by atoms with Crippen LogP contribution in [-0.2, 0) is 18.3 Å². The molecule has 0 fully saturated rings. The van der Waals surface area contributed by atoms with Crippen LogP contribution in [0.3, 0.4) is 0 Å². The first-order valence-corrected chi connectivity index (χ1v) is 4.81. The van der Waals surface area contributed by atoms with E-state index in [-0.39, 0.29) is 0 Å². The third-order valence-electron chi connectivity index (χ3n) is 1.48. The van der Waals surface area contributed by atoms with Crippen LogP contribution in [0.5, 0.6) is 11.5 Å². The number of ether oxygens (including phenoxy) is 2. The van der Waals surface area contributed by atoms with Gasteiger partial charge in [-0.25, -0.2) is 0 Å². The average Bonchev–Trinajstić information content (AvgIpc) is 2.04. The summed E-state index contributed by atoms with van der Waals surface area (Å²) in [6.07, 6.45) is 0. The molecule has 0 saturated carbocycles. The van der Waals surface area contributed by atoms with Crippen LogP contribution < -0.4 is 13.6 Å². The monoisotopic (exact) mass is 201 g/mol. The molecule has 0 radical (unpaired) electrons. The first-order chi connectivity index (χ1) is 5.29. The van der Waals surface area contributed by atoms with Gasteiger partial charge in [-0.15, -0.1) is 0 Å². The van der Waals surface area contributed by atoms with Crippen LogP contribution in [0.1, 0.15) is 0 Å². The van der Waals surface area contributed by atoms with Crippen LogP contribution in [-0.4, -0.2) is 14.2 Å². The molecule has 0 aromatic heterocycles. The normalized spacial score (nSPS) is 9.45. The van der Waals surface area contributed by atoms with E-state index < -0.39 is 0 Å². The van der Waals surface area contributed by atoms with E-state index in [0.29, 0.717) is 0 Å². The van der Waals surface area contributed by atoms with Gasteiger partial charge >= 0.3 is 75.9 Å². The summed E-state index contributed by atoms with van der Waals surface area (Å²) < 4.78 is 11.5. The average molecular weight is 203 g/mol. The van der Waals surface area contributed by atoms with E-state index in [0.717, 1.165) is 29.8 Å². The van der Waals surface area contributed by atoms with Gasteiger partial charge in [-0.05, 0) is 0 Å². The summed E-state index contributed by atoms with van der Waals surface area (Å²) in [4.78, 5) is 0. The van der Waals surface area contributed by atoms with E-state index in [2.05, 4.69) is 0 Å². The molecular formula is C8H9O2Zn. The Hall–Kier alpha value is -0.557. The van der Waals surface area contributed by atoms with Crippen LogP contribution in [0, 0.1) is 0 Å². The van der Waals surface area contributed by atoms with Crippen LogP contribution in [0.2, 0.25) is 0 Å². The standard InChI is InChI=1S/C8H9O2.Zn/c1-9-7-5-3-4-6-8(7)10-2;/h3-5H,1-2H3;. The molecule has 0 amide bonds. The van der Waals surface area contributed by atoms with Gasteiger partial charge in [0.05, 0.1) is 0 Å². The molecule has 0 aliphatic heterocycles. The minimum atomic E-state index is 0.816. The van der Waals surface area contributed by atoms with Gasteiger partial charge in [0.1, 0.15) is 0 Å². The van der Waals surface area contributed by atoms with Crippen molar-refractivity contribution in [3.05, 3.63) is 18.2 Å². The molecule has 0 N–H and O–H groups in total. The molecule has 0 bridgehead atoms. The SMILES string of the molecule is COc1ccc[c]([Zn])c1OC. The molecule has 55 valence electrons. The van der Waals surface area contributed by atoms with Gasteiger partial charge in [0, 0.05) is 0 Å². The number of hydrogen-bond donors (Lipinski definition) is 0. The first kappa shape index (κ1) is 8.54. The second-order valence-electron chi connectivity index (χ2n) is 2.15. The zero-order chi connectivity index (χ0) is 8.27. The second kappa shape index (κ2) is 3.73. The third kappa shape index (κ3) is 1.72. The number of methoxy groups -OCH3 is 2. The maximum absolute atomic E-state index is 5.17. The predicted molar refractivity (Wildman–Crippen MR) is 39.2 cm³/mol. The fraction of sp³-hybridized carbons (Fsp3) is 0.250. The van der Waals surface area contributed by atoms with Crippen molar-refractivity contribution in [2.75, 3.05) is 14.2 Å². The molecule has 0 spiro atoms. The minimum absolute atomic E-state index is 0.816. The summed E-state index contributed by atoms with van der Waals surface area (Å²) in [5.41, 5.74) is 0. The summed E-state index contributed by atoms with van der Waals surface area (Å²) in [6.45, 7) is 0. The molecule has 0 aliphatic carbocycles. The van der Waals surface area contributed by atoms with E-state index >= 15 is 0 Å². The summed E-state index contributed by atoms with van der Waals surface area (Å²) in [5, 5.41) is 0. The van der Waals surface area contributed by atoms with E-state index in [1.807, 2.05) is 18.2 Å². The summed E-state index contributed by atoms with van der Waals surface area (Å²) in [7, 11) is 3.31. The second-order valence-corrected chi connectivity index (χ2v) is 3.75. The van der Waals surface area contributed by atoms with Crippen LogP contribution in [0.4, 0.5) is 0 Å². The van der Waals surface area contributed by atoms with E-state index in [9.17, 15) is 0 Å². The van der Waals surface area contributed by atoms with Crippen molar-refractivity contribution in [1.29, 1.82) is 0 Å². The molecule has 2 nitrogen and oxygen atoms in total. The zero-order valence-corrected chi connectivity index (χ0v) is 9.72. The molecule has 0 heterocycles. The summed E-state index contributed by atoms with van der Waals surface area (Å²) >= 11 is 1.08. The Morgan fingerprint density at radius 2 is 1.91 bits per heavy atom. The molecule has 11 heavy (non-hydrogen) atoms. The predicted octanol–water partition coefficient (Wildman–Crippen LogP) is 0.876. The molecule has 0 saturated heterocycles. The van der Waals surface area contributed by atoms with Crippen molar-refractivity contribution < 1.29 is 27.8 Å². The van der Waals surface area contributed by atoms with Crippen molar-refractivity contribution in [2.24, 2.45) is 0 Å². The zero-order valence-electron chi connectivity index (χ0n) is 6.76. The summed E-state index contributed by atoms with van der Waals surface area (Å²) in [5.74, 6) is 1.69. The number of benzene rings is 1. The Morgan fingerprint density at radius 3 is 2.36 bits per heavy atom. The van der Waals surface area contributed by atoms with Crippen LogP contribution >= 0.6 is 0 Å². The fourth-order valence-corrected chi connectivity index (χ4v) is 1.91. The molecule has 1 rings (SSSR count). The Morgan fingerprint density at radius 1 is 1.18 bits per heavy atom. The van der Waals surface area contributed by atoms with E-state index in [1.54, 1.807) is 14.2 Å². The number of para-hydroxylation sites is 1. The maximum atomic E-state index is 5.17. The fourth-order valence-electron chi connectivity index (χ4n) is 0.954. The van der Waals surface area contributed by atoms with Gasteiger partial charge in [-0.2, -0.15) is 0 Å². The van der Waals surface area contributed by atoms with Crippen LogP contribution in [0.25, 0.3) is 0 Å². The number of hydrogen-bond acceptors (Lipinski definition) is 2. The van der Waals surface area contributed by atoms with Gasteiger partial charge in [0.15, 0.2) is 0 Å². The number of rotatable bonds is 2. The van der Waals surface area contributed by atoms with Crippen molar-refractivity contribution >= 4 is 4.16 Å². The molecular weight excluding hydrogens is 193 g/mol. The molecule has 0 unspecified atom stereocenters. The Kier molecular flexibility index (Phi) is 2.89. The first-order valence-electron chi connectivity index (χ1n) is 3.32. The molecule has 0 atom stereocenters. The van der Waals surface area contributed by atoms with Crippen molar-refractivity contribution in [1.82, 2.24) is 0 Å². The third-order valence-corrected chi connectivity index (χ3v) is 2.65. The molecule has 0 aliphatic rings. The van der Waals surface area contributed by atoms with Crippen molar-refractivity contribution in [3.8, 4) is 11.5 Å².